The molecule has 2 heterocycles. The normalized spacial score (nSPS) is 11.1. The first-order valence-corrected chi connectivity index (χ1v) is 9.58. The van der Waals surface area contributed by atoms with Gasteiger partial charge in [-0.15, -0.1) is 0 Å². The van der Waals surface area contributed by atoms with Gasteiger partial charge < -0.3 is 4.42 Å². The van der Waals surface area contributed by atoms with Crippen LogP contribution in [-0.2, 0) is 0 Å². The van der Waals surface area contributed by atoms with Crippen molar-refractivity contribution in [3.8, 4) is 21.7 Å². The minimum absolute atomic E-state index is 0.0521. The summed E-state index contributed by atoms with van der Waals surface area (Å²) >= 11 is 1.43. The van der Waals surface area contributed by atoms with Gasteiger partial charge in [-0.1, -0.05) is 41.7 Å². The number of nitro benzene ring substituents is 1. The number of rotatable bonds is 6. The summed E-state index contributed by atoms with van der Waals surface area (Å²) < 4.78 is 5.46. The molecular weight excluding hydrogens is 388 g/mol. The number of hydrogen-bond donors (Lipinski definition) is 1. The first kappa shape index (κ1) is 18.6. The van der Waals surface area contributed by atoms with Crippen LogP contribution in [0.4, 0.5) is 10.8 Å². The molecule has 0 saturated heterocycles. The molecule has 2 aromatic carbocycles. The molecule has 0 radical (unpaired) electrons. The molecule has 2 aromatic heterocycles. The van der Waals surface area contributed by atoms with E-state index in [9.17, 15) is 10.1 Å². The van der Waals surface area contributed by atoms with Crippen LogP contribution >= 0.6 is 11.3 Å². The Labute approximate surface area is 170 Å². The number of non-ortho nitro benzene ring substituents is 1. The third-order valence-corrected chi connectivity index (χ3v) is 5.14. The highest BCUT2D eigenvalue weighted by molar-refractivity contribution is 7.19. The molecule has 0 aliphatic rings. The molecule has 7 nitrogen and oxygen atoms in total. The Morgan fingerprint density at radius 2 is 1.83 bits per heavy atom. The Hall–Kier alpha value is -3.78. The van der Waals surface area contributed by atoms with Crippen molar-refractivity contribution in [2.45, 2.75) is 6.92 Å². The number of nitro groups is 1. The summed E-state index contributed by atoms with van der Waals surface area (Å²) in [5, 5.41) is 15.7. The average molecular weight is 404 g/mol. The smallest absolute Gasteiger partial charge is 0.269 e. The third-order valence-electron chi connectivity index (χ3n) is 4.13. The summed E-state index contributed by atoms with van der Waals surface area (Å²) in [6.07, 6.45) is 1.59. The van der Waals surface area contributed by atoms with Crippen molar-refractivity contribution in [3.05, 3.63) is 88.4 Å². The Morgan fingerprint density at radius 3 is 2.48 bits per heavy atom. The van der Waals surface area contributed by atoms with Crippen LogP contribution in [0.15, 0.2) is 76.2 Å². The molecule has 0 unspecified atom stereocenters. The maximum absolute atomic E-state index is 10.9. The van der Waals surface area contributed by atoms with E-state index in [0.717, 1.165) is 27.5 Å². The molecule has 0 bridgehead atoms. The topological polar surface area (TPSA) is 93.6 Å². The average Bonchev–Trinajstić information content (AvgIpc) is 3.35. The van der Waals surface area contributed by atoms with Crippen molar-refractivity contribution in [2.75, 3.05) is 5.43 Å². The van der Waals surface area contributed by atoms with Gasteiger partial charge in [0.2, 0.25) is 5.13 Å². The highest BCUT2D eigenvalue weighted by Gasteiger charge is 2.16. The van der Waals surface area contributed by atoms with Gasteiger partial charge in [0.25, 0.3) is 5.69 Å². The zero-order valence-corrected chi connectivity index (χ0v) is 16.2. The van der Waals surface area contributed by atoms with Gasteiger partial charge in [0.05, 0.1) is 21.7 Å². The van der Waals surface area contributed by atoms with Crippen molar-refractivity contribution in [1.29, 1.82) is 0 Å². The number of anilines is 1. The maximum Gasteiger partial charge on any atom is 0.269 e. The van der Waals surface area contributed by atoms with Crippen LogP contribution in [0.25, 0.3) is 21.7 Å². The second-order valence-electron chi connectivity index (χ2n) is 6.19. The Morgan fingerprint density at radius 1 is 1.07 bits per heavy atom. The lowest BCUT2D eigenvalue weighted by molar-refractivity contribution is -0.384. The van der Waals surface area contributed by atoms with Crippen molar-refractivity contribution in [3.63, 3.8) is 0 Å². The number of aromatic nitrogens is 1. The lowest BCUT2D eigenvalue weighted by atomic mass is 10.1. The van der Waals surface area contributed by atoms with E-state index >= 15 is 0 Å². The summed E-state index contributed by atoms with van der Waals surface area (Å²) in [6.45, 7) is 1.87. The molecule has 0 atom stereocenters. The zero-order chi connectivity index (χ0) is 20.2. The lowest BCUT2D eigenvalue weighted by Gasteiger charge is -2.02. The van der Waals surface area contributed by atoms with Crippen molar-refractivity contribution < 1.29 is 9.34 Å². The van der Waals surface area contributed by atoms with Gasteiger partial charge in [-0.25, -0.2) is 4.98 Å². The number of furan rings is 1. The quantitative estimate of drug-likeness (QED) is 0.251. The summed E-state index contributed by atoms with van der Waals surface area (Å²) in [5.74, 6) is 1.46. The number of nitrogens with one attached hydrogen (secondary N) is 1. The second-order valence-corrected chi connectivity index (χ2v) is 7.18. The summed E-state index contributed by atoms with van der Waals surface area (Å²) in [7, 11) is 0. The molecule has 0 amide bonds. The summed E-state index contributed by atoms with van der Waals surface area (Å²) in [4.78, 5) is 16.1. The first-order chi connectivity index (χ1) is 14.1. The molecule has 0 aliphatic heterocycles. The number of thiazole rings is 1. The van der Waals surface area contributed by atoms with E-state index in [0.29, 0.717) is 10.9 Å². The number of benzene rings is 2. The molecule has 29 heavy (non-hydrogen) atoms. The molecule has 0 fully saturated rings. The largest absolute Gasteiger partial charge is 0.460 e. The summed E-state index contributed by atoms with van der Waals surface area (Å²) in [5.41, 5.74) is 5.59. The van der Waals surface area contributed by atoms with Crippen molar-refractivity contribution in [1.82, 2.24) is 4.98 Å². The number of aryl methyl sites for hydroxylation is 1. The molecule has 8 heteroatoms. The Balaban J connectivity index is 1.67. The van der Waals surface area contributed by atoms with Crippen LogP contribution in [0.2, 0.25) is 0 Å². The van der Waals surface area contributed by atoms with Crippen LogP contribution in [0.5, 0.6) is 0 Å². The minimum atomic E-state index is -0.410. The van der Waals surface area contributed by atoms with E-state index in [4.69, 9.17) is 4.42 Å². The lowest BCUT2D eigenvalue weighted by Crippen LogP contribution is -1.89. The van der Waals surface area contributed by atoms with E-state index in [1.165, 1.54) is 23.5 Å². The fourth-order valence-electron chi connectivity index (χ4n) is 2.76. The molecule has 4 aromatic rings. The van der Waals surface area contributed by atoms with E-state index < -0.39 is 4.92 Å². The van der Waals surface area contributed by atoms with Gasteiger partial charge in [0.1, 0.15) is 11.5 Å². The van der Waals surface area contributed by atoms with Gasteiger partial charge in [0.15, 0.2) is 0 Å². The molecule has 1 N–H and O–H groups in total. The van der Waals surface area contributed by atoms with Crippen LogP contribution in [0.1, 0.15) is 11.5 Å². The van der Waals surface area contributed by atoms with Gasteiger partial charge in [-0.05, 0) is 36.8 Å². The van der Waals surface area contributed by atoms with E-state index in [1.807, 2.05) is 49.4 Å². The number of hydrogen-bond acceptors (Lipinski definition) is 7. The van der Waals surface area contributed by atoms with Gasteiger partial charge in [-0.3, -0.25) is 15.5 Å². The van der Waals surface area contributed by atoms with E-state index in [1.54, 1.807) is 18.3 Å². The number of nitrogens with zero attached hydrogens (tertiary/aromatic N) is 3. The standard InChI is InChI=1S/C21H16N4O3S/c1-14-7-12-18(28-14)13-22-24-21-23-19(15-5-3-2-4-6-15)20(29-21)16-8-10-17(11-9-16)25(26)27/h2-13H,1H3,(H,23,24)/b22-13+. The highest BCUT2D eigenvalue weighted by atomic mass is 32.1. The van der Waals surface area contributed by atoms with E-state index in [-0.39, 0.29) is 5.69 Å². The van der Waals surface area contributed by atoms with Crippen molar-refractivity contribution >= 4 is 28.4 Å². The predicted octanol–water partition coefficient (Wildman–Crippen LogP) is 5.73. The Kier molecular flexibility index (Phi) is 5.17. The minimum Gasteiger partial charge on any atom is -0.460 e. The van der Waals surface area contributed by atoms with Gasteiger partial charge >= 0.3 is 0 Å². The van der Waals surface area contributed by atoms with Crippen LogP contribution < -0.4 is 5.43 Å². The third kappa shape index (κ3) is 4.22. The molecular formula is C21H16N4O3S. The monoisotopic (exact) mass is 404 g/mol. The molecule has 0 aliphatic carbocycles. The summed E-state index contributed by atoms with van der Waals surface area (Å²) in [6, 6.07) is 19.9. The van der Waals surface area contributed by atoms with Gasteiger partial charge in [-0.2, -0.15) is 5.10 Å². The SMILES string of the molecule is Cc1ccc(/C=N/Nc2nc(-c3ccccc3)c(-c3ccc([N+](=O)[O-])cc3)s2)o1. The van der Waals surface area contributed by atoms with Crippen LogP contribution in [0, 0.1) is 17.0 Å². The van der Waals surface area contributed by atoms with E-state index in [2.05, 4.69) is 15.5 Å². The Bertz CT molecular complexity index is 1160. The highest BCUT2D eigenvalue weighted by Crippen LogP contribution is 2.39. The van der Waals surface area contributed by atoms with Crippen LogP contribution in [0.3, 0.4) is 0 Å². The fourth-order valence-corrected chi connectivity index (χ4v) is 3.71. The zero-order valence-electron chi connectivity index (χ0n) is 15.4. The van der Waals surface area contributed by atoms with Gasteiger partial charge in [0, 0.05) is 17.7 Å². The predicted molar refractivity (Wildman–Crippen MR) is 114 cm³/mol. The molecule has 0 spiro atoms. The molecule has 4 rings (SSSR count). The van der Waals surface area contributed by atoms with Crippen LogP contribution in [-0.4, -0.2) is 16.1 Å². The second kappa shape index (κ2) is 8.07. The van der Waals surface area contributed by atoms with Crippen molar-refractivity contribution in [2.24, 2.45) is 5.10 Å². The number of hydrazone groups is 1. The molecule has 0 saturated carbocycles. The maximum atomic E-state index is 10.9. The first-order valence-electron chi connectivity index (χ1n) is 8.77. The molecule has 144 valence electrons. The fraction of sp³-hybridized carbons (Fsp3) is 0.0476.